The number of hydrogen-bond donors (Lipinski definition) is 0. The molecule has 1 heterocycles. The summed E-state index contributed by atoms with van der Waals surface area (Å²) < 4.78 is 15.6. The van der Waals surface area contributed by atoms with Crippen molar-refractivity contribution in [2.75, 3.05) is 0 Å². The summed E-state index contributed by atoms with van der Waals surface area (Å²) in [5.74, 6) is 0.389. The number of aromatic nitrogens is 2. The zero-order valence-electron chi connectivity index (χ0n) is 9.25. The molecule has 2 nitrogen and oxygen atoms in total. The van der Waals surface area contributed by atoms with Gasteiger partial charge in [-0.3, -0.25) is 0 Å². The molecule has 0 bridgehead atoms. The molecule has 0 aliphatic heterocycles. The van der Waals surface area contributed by atoms with Crippen molar-refractivity contribution >= 4 is 34.2 Å². The molecular weight excluding hydrogens is 262 g/mol. The van der Waals surface area contributed by atoms with Crippen molar-refractivity contribution in [1.82, 2.24) is 9.55 Å². The first-order chi connectivity index (χ1) is 8.08. The van der Waals surface area contributed by atoms with E-state index in [1.165, 1.54) is 6.07 Å². The van der Waals surface area contributed by atoms with Gasteiger partial charge >= 0.3 is 0 Å². The first-order valence-electron chi connectivity index (χ1n) is 5.59. The fraction of sp³-hybridized carbons (Fsp3) is 0.417. The van der Waals surface area contributed by atoms with Crippen LogP contribution in [0.3, 0.4) is 0 Å². The van der Waals surface area contributed by atoms with Crippen molar-refractivity contribution in [3.63, 3.8) is 0 Å². The van der Waals surface area contributed by atoms with Gasteiger partial charge in [0.25, 0.3) is 0 Å². The monoisotopic (exact) mass is 272 g/mol. The van der Waals surface area contributed by atoms with Crippen LogP contribution in [0.1, 0.15) is 37.0 Å². The number of benzene rings is 1. The number of rotatable bonds is 2. The largest absolute Gasteiger partial charge is 0.324 e. The highest BCUT2D eigenvalue weighted by Crippen LogP contribution is 2.41. The number of halogens is 3. The van der Waals surface area contributed by atoms with E-state index >= 15 is 0 Å². The maximum Gasteiger partial charge on any atom is 0.144 e. The SMILES string of the molecule is CC(Cl)c1nc2cc(Cl)c(F)cc2n1C1CC1. The van der Waals surface area contributed by atoms with E-state index in [-0.39, 0.29) is 10.4 Å². The Morgan fingerprint density at radius 3 is 2.76 bits per heavy atom. The number of nitrogens with zero attached hydrogens (tertiary/aromatic N) is 2. The molecule has 1 saturated carbocycles. The molecule has 0 saturated heterocycles. The van der Waals surface area contributed by atoms with Gasteiger partial charge in [-0.05, 0) is 25.8 Å². The minimum absolute atomic E-state index is 0.103. The average molecular weight is 273 g/mol. The van der Waals surface area contributed by atoms with Crippen molar-refractivity contribution in [3.8, 4) is 0 Å². The highest BCUT2D eigenvalue weighted by Gasteiger charge is 2.29. The second-order valence-electron chi connectivity index (χ2n) is 4.44. The Hall–Kier alpha value is -0.800. The summed E-state index contributed by atoms with van der Waals surface area (Å²) in [5.41, 5.74) is 1.50. The quantitative estimate of drug-likeness (QED) is 0.738. The fourth-order valence-electron chi connectivity index (χ4n) is 2.11. The van der Waals surface area contributed by atoms with Crippen molar-refractivity contribution in [2.24, 2.45) is 0 Å². The standard InChI is InChI=1S/C12H11Cl2FN2/c1-6(13)12-16-10-4-8(14)9(15)5-11(10)17(12)7-2-3-7/h4-7H,2-3H2,1H3. The number of imidazole rings is 1. The molecule has 17 heavy (non-hydrogen) atoms. The van der Waals surface area contributed by atoms with Crippen LogP contribution in [0.4, 0.5) is 4.39 Å². The predicted molar refractivity (Wildman–Crippen MR) is 67.2 cm³/mol. The van der Waals surface area contributed by atoms with E-state index in [4.69, 9.17) is 23.2 Å². The van der Waals surface area contributed by atoms with Crippen LogP contribution in [-0.4, -0.2) is 9.55 Å². The van der Waals surface area contributed by atoms with E-state index in [1.807, 2.05) is 11.5 Å². The zero-order valence-corrected chi connectivity index (χ0v) is 10.8. The Kier molecular flexibility index (Phi) is 2.56. The van der Waals surface area contributed by atoms with E-state index in [2.05, 4.69) is 4.98 Å². The Morgan fingerprint density at radius 1 is 1.47 bits per heavy atom. The van der Waals surface area contributed by atoms with Gasteiger partial charge in [-0.1, -0.05) is 11.6 Å². The van der Waals surface area contributed by atoms with Gasteiger partial charge in [0.1, 0.15) is 11.6 Å². The van der Waals surface area contributed by atoms with Crippen LogP contribution in [-0.2, 0) is 0 Å². The van der Waals surface area contributed by atoms with E-state index in [9.17, 15) is 4.39 Å². The normalized spacial score (nSPS) is 17.6. The van der Waals surface area contributed by atoms with Crippen LogP contribution in [0.5, 0.6) is 0 Å². The van der Waals surface area contributed by atoms with Gasteiger partial charge < -0.3 is 4.57 Å². The molecule has 0 radical (unpaired) electrons. The van der Waals surface area contributed by atoms with Crippen LogP contribution < -0.4 is 0 Å². The third-order valence-corrected chi connectivity index (χ3v) is 3.51. The van der Waals surface area contributed by atoms with Gasteiger partial charge in [-0.25, -0.2) is 9.37 Å². The average Bonchev–Trinajstić information content (AvgIpc) is 3.02. The molecule has 1 aliphatic carbocycles. The van der Waals surface area contributed by atoms with E-state index in [0.717, 1.165) is 24.2 Å². The molecule has 0 amide bonds. The second kappa shape index (κ2) is 3.85. The Bertz CT molecular complexity index is 588. The molecule has 1 atom stereocenters. The zero-order chi connectivity index (χ0) is 12.2. The third kappa shape index (κ3) is 1.81. The number of hydrogen-bond acceptors (Lipinski definition) is 1. The van der Waals surface area contributed by atoms with E-state index in [1.54, 1.807) is 6.07 Å². The topological polar surface area (TPSA) is 17.8 Å². The first-order valence-corrected chi connectivity index (χ1v) is 6.40. The molecular formula is C12H11Cl2FN2. The van der Waals surface area contributed by atoms with E-state index in [0.29, 0.717) is 11.6 Å². The summed E-state index contributed by atoms with van der Waals surface area (Å²) >= 11 is 11.9. The smallest absolute Gasteiger partial charge is 0.144 e. The first kappa shape index (κ1) is 11.3. The van der Waals surface area contributed by atoms with Gasteiger partial charge in [0, 0.05) is 12.1 Å². The third-order valence-electron chi connectivity index (χ3n) is 3.03. The van der Waals surface area contributed by atoms with Crippen LogP contribution in [0.25, 0.3) is 11.0 Å². The number of fused-ring (bicyclic) bond motifs is 1. The van der Waals surface area contributed by atoms with Crippen LogP contribution >= 0.6 is 23.2 Å². The molecule has 90 valence electrons. The van der Waals surface area contributed by atoms with Crippen LogP contribution in [0, 0.1) is 5.82 Å². The lowest BCUT2D eigenvalue weighted by Gasteiger charge is -2.08. The van der Waals surface area contributed by atoms with Gasteiger partial charge in [0.15, 0.2) is 0 Å². The van der Waals surface area contributed by atoms with Crippen LogP contribution in [0.2, 0.25) is 5.02 Å². The summed E-state index contributed by atoms with van der Waals surface area (Å²) in [5, 5.41) is -0.0865. The van der Waals surface area contributed by atoms with Gasteiger partial charge in [0.05, 0.1) is 21.4 Å². The summed E-state index contributed by atoms with van der Waals surface area (Å²) in [6, 6.07) is 3.43. The lowest BCUT2D eigenvalue weighted by molar-refractivity contribution is 0.627. The minimum Gasteiger partial charge on any atom is -0.324 e. The summed E-state index contributed by atoms with van der Waals surface area (Å²) in [7, 11) is 0. The second-order valence-corrected chi connectivity index (χ2v) is 5.50. The molecule has 1 aromatic heterocycles. The van der Waals surface area contributed by atoms with Crippen molar-refractivity contribution in [1.29, 1.82) is 0 Å². The maximum atomic E-state index is 13.5. The molecule has 2 aromatic rings. The van der Waals surface area contributed by atoms with E-state index < -0.39 is 5.82 Å². The van der Waals surface area contributed by atoms with Crippen LogP contribution in [0.15, 0.2) is 12.1 Å². The molecule has 1 unspecified atom stereocenters. The highest BCUT2D eigenvalue weighted by atomic mass is 35.5. The fourth-order valence-corrected chi connectivity index (χ4v) is 2.42. The van der Waals surface area contributed by atoms with Gasteiger partial charge in [-0.15, -0.1) is 11.6 Å². The molecule has 1 fully saturated rings. The summed E-state index contributed by atoms with van der Waals surface area (Å²) in [6.45, 7) is 1.87. The maximum absolute atomic E-state index is 13.5. The predicted octanol–water partition coefficient (Wildman–Crippen LogP) is 4.46. The molecule has 1 aliphatic rings. The summed E-state index contributed by atoms with van der Waals surface area (Å²) in [4.78, 5) is 4.46. The Labute approximate surface area is 108 Å². The van der Waals surface area contributed by atoms with Crippen molar-refractivity contribution in [2.45, 2.75) is 31.2 Å². The van der Waals surface area contributed by atoms with Gasteiger partial charge in [0.2, 0.25) is 0 Å². The van der Waals surface area contributed by atoms with Gasteiger partial charge in [-0.2, -0.15) is 0 Å². The summed E-state index contributed by atoms with van der Waals surface area (Å²) in [6.07, 6.45) is 2.21. The molecule has 0 N–H and O–H groups in total. The molecule has 0 spiro atoms. The lowest BCUT2D eigenvalue weighted by atomic mass is 10.3. The Balaban J connectivity index is 2.31. The molecule has 1 aromatic carbocycles. The van der Waals surface area contributed by atoms with Crippen molar-refractivity contribution < 1.29 is 4.39 Å². The minimum atomic E-state index is -0.408. The number of alkyl halides is 1. The van der Waals surface area contributed by atoms with Crippen molar-refractivity contribution in [3.05, 3.63) is 28.8 Å². The lowest BCUT2D eigenvalue weighted by Crippen LogP contribution is -2.01. The Morgan fingerprint density at radius 2 is 2.18 bits per heavy atom. The molecule has 3 rings (SSSR count). The highest BCUT2D eigenvalue weighted by molar-refractivity contribution is 6.31. The molecule has 5 heteroatoms.